The first-order valence-electron chi connectivity index (χ1n) is 5.94. The van der Waals surface area contributed by atoms with Gasteiger partial charge in [0.25, 0.3) is 0 Å². The topological polar surface area (TPSA) is 57.1 Å². The number of piperazine rings is 1. The molecule has 1 aliphatic heterocycles. The zero-order valence-corrected chi connectivity index (χ0v) is 9.65. The number of H-pyrrole nitrogens is 1. The number of nitrogens with one attached hydrogen (secondary N) is 2. The standard InChI is InChI=1S/C12H16N4O/c1-2-14-8-10(1)12-7-11(15-17-12)9-16-5-3-13-4-6-16/h1-2,7-8,13-14H,3-6,9H2. The van der Waals surface area contributed by atoms with Gasteiger partial charge in [0.2, 0.25) is 0 Å². The lowest BCUT2D eigenvalue weighted by molar-refractivity contribution is 0.227. The third-order valence-corrected chi connectivity index (χ3v) is 3.04. The first-order valence-corrected chi connectivity index (χ1v) is 5.94. The fourth-order valence-electron chi connectivity index (χ4n) is 2.10. The Morgan fingerprint density at radius 3 is 3.00 bits per heavy atom. The van der Waals surface area contributed by atoms with Crippen molar-refractivity contribution in [2.75, 3.05) is 26.2 Å². The van der Waals surface area contributed by atoms with Crippen molar-refractivity contribution in [1.82, 2.24) is 20.4 Å². The number of aromatic amines is 1. The highest BCUT2D eigenvalue weighted by molar-refractivity contribution is 5.55. The first-order chi connectivity index (χ1) is 8.42. The van der Waals surface area contributed by atoms with E-state index >= 15 is 0 Å². The molecule has 0 atom stereocenters. The normalized spacial score (nSPS) is 17.4. The number of hydrogen-bond donors (Lipinski definition) is 2. The predicted octanol–water partition coefficient (Wildman–Crippen LogP) is 1.07. The number of nitrogens with zero attached hydrogens (tertiary/aromatic N) is 2. The van der Waals surface area contributed by atoms with Gasteiger partial charge in [0.1, 0.15) is 0 Å². The lowest BCUT2D eigenvalue weighted by Gasteiger charge is -2.25. The van der Waals surface area contributed by atoms with Crippen molar-refractivity contribution >= 4 is 0 Å². The van der Waals surface area contributed by atoms with Crippen molar-refractivity contribution in [3.63, 3.8) is 0 Å². The quantitative estimate of drug-likeness (QED) is 0.831. The van der Waals surface area contributed by atoms with Gasteiger partial charge in [-0.25, -0.2) is 0 Å². The minimum Gasteiger partial charge on any atom is -0.367 e. The molecule has 0 radical (unpaired) electrons. The van der Waals surface area contributed by atoms with E-state index in [2.05, 4.69) is 20.4 Å². The maximum atomic E-state index is 5.34. The number of aromatic nitrogens is 2. The van der Waals surface area contributed by atoms with Crippen molar-refractivity contribution in [2.24, 2.45) is 0 Å². The lowest BCUT2D eigenvalue weighted by Crippen LogP contribution is -2.42. The van der Waals surface area contributed by atoms with Crippen LogP contribution in [-0.4, -0.2) is 41.2 Å². The highest BCUT2D eigenvalue weighted by atomic mass is 16.5. The Balaban J connectivity index is 1.68. The Labute approximate surface area is 99.8 Å². The molecule has 1 fully saturated rings. The molecular formula is C12H16N4O. The number of rotatable bonds is 3. The summed E-state index contributed by atoms with van der Waals surface area (Å²) in [6.45, 7) is 5.14. The van der Waals surface area contributed by atoms with Gasteiger partial charge >= 0.3 is 0 Å². The van der Waals surface area contributed by atoms with E-state index < -0.39 is 0 Å². The maximum Gasteiger partial charge on any atom is 0.168 e. The number of hydrogen-bond acceptors (Lipinski definition) is 4. The van der Waals surface area contributed by atoms with Crippen molar-refractivity contribution in [3.8, 4) is 11.3 Å². The van der Waals surface area contributed by atoms with Crippen LogP contribution in [0.3, 0.4) is 0 Å². The summed E-state index contributed by atoms with van der Waals surface area (Å²) in [5.41, 5.74) is 2.05. The van der Waals surface area contributed by atoms with E-state index in [0.717, 1.165) is 49.7 Å². The molecule has 0 spiro atoms. The highest BCUT2D eigenvalue weighted by Crippen LogP contribution is 2.20. The second-order valence-corrected chi connectivity index (χ2v) is 4.31. The van der Waals surface area contributed by atoms with Crippen LogP contribution in [0.4, 0.5) is 0 Å². The summed E-state index contributed by atoms with van der Waals surface area (Å²) in [4.78, 5) is 5.40. The molecule has 0 amide bonds. The molecule has 0 unspecified atom stereocenters. The Hall–Kier alpha value is -1.59. The Morgan fingerprint density at radius 1 is 1.35 bits per heavy atom. The molecule has 0 saturated carbocycles. The van der Waals surface area contributed by atoms with Crippen molar-refractivity contribution in [2.45, 2.75) is 6.54 Å². The van der Waals surface area contributed by atoms with Gasteiger partial charge < -0.3 is 14.8 Å². The van der Waals surface area contributed by atoms with Crippen molar-refractivity contribution < 1.29 is 4.52 Å². The third kappa shape index (κ3) is 2.40. The fraction of sp³-hybridized carbons (Fsp3) is 0.417. The van der Waals surface area contributed by atoms with Crippen LogP contribution in [-0.2, 0) is 6.54 Å². The van der Waals surface area contributed by atoms with Gasteiger partial charge in [0.15, 0.2) is 5.76 Å². The van der Waals surface area contributed by atoms with Crippen LogP contribution in [0, 0.1) is 0 Å². The summed E-state index contributed by atoms with van der Waals surface area (Å²) in [5, 5.41) is 7.45. The van der Waals surface area contributed by atoms with E-state index in [1.807, 2.05) is 24.5 Å². The average molecular weight is 232 g/mol. The first kappa shape index (κ1) is 10.6. The molecule has 0 aromatic carbocycles. The van der Waals surface area contributed by atoms with E-state index in [1.165, 1.54) is 0 Å². The Bertz CT molecular complexity index is 457. The monoisotopic (exact) mass is 232 g/mol. The lowest BCUT2D eigenvalue weighted by atomic mass is 10.2. The molecule has 90 valence electrons. The van der Waals surface area contributed by atoms with Crippen LogP contribution in [0.25, 0.3) is 11.3 Å². The van der Waals surface area contributed by atoms with Crippen LogP contribution in [0.1, 0.15) is 5.69 Å². The summed E-state index contributed by atoms with van der Waals surface area (Å²) in [6.07, 6.45) is 3.79. The van der Waals surface area contributed by atoms with Gasteiger partial charge in [-0.2, -0.15) is 0 Å². The summed E-state index contributed by atoms with van der Waals surface area (Å²) in [7, 11) is 0. The van der Waals surface area contributed by atoms with Crippen molar-refractivity contribution in [3.05, 3.63) is 30.2 Å². The van der Waals surface area contributed by atoms with Crippen LogP contribution < -0.4 is 5.32 Å². The summed E-state index contributed by atoms with van der Waals surface area (Å²) >= 11 is 0. The molecule has 17 heavy (non-hydrogen) atoms. The Morgan fingerprint density at radius 2 is 2.24 bits per heavy atom. The molecular weight excluding hydrogens is 216 g/mol. The average Bonchev–Trinajstić information content (AvgIpc) is 3.00. The molecule has 5 heteroatoms. The van der Waals surface area contributed by atoms with Gasteiger partial charge in [0, 0.05) is 56.7 Å². The molecule has 3 heterocycles. The minimum absolute atomic E-state index is 0.830. The van der Waals surface area contributed by atoms with E-state index in [0.29, 0.717) is 0 Å². The van der Waals surface area contributed by atoms with Gasteiger partial charge in [0.05, 0.1) is 5.69 Å². The van der Waals surface area contributed by atoms with Crippen LogP contribution in [0.15, 0.2) is 29.0 Å². The van der Waals surface area contributed by atoms with Crippen LogP contribution in [0.2, 0.25) is 0 Å². The van der Waals surface area contributed by atoms with E-state index in [4.69, 9.17) is 4.52 Å². The molecule has 5 nitrogen and oxygen atoms in total. The minimum atomic E-state index is 0.830. The van der Waals surface area contributed by atoms with Gasteiger partial charge in [-0.3, -0.25) is 4.90 Å². The molecule has 3 rings (SSSR count). The van der Waals surface area contributed by atoms with E-state index in [9.17, 15) is 0 Å². The van der Waals surface area contributed by atoms with E-state index in [1.54, 1.807) is 0 Å². The second-order valence-electron chi connectivity index (χ2n) is 4.31. The Kier molecular flexibility index (Phi) is 2.94. The second kappa shape index (κ2) is 4.73. The molecule has 2 aromatic rings. The van der Waals surface area contributed by atoms with E-state index in [-0.39, 0.29) is 0 Å². The molecule has 1 aliphatic rings. The third-order valence-electron chi connectivity index (χ3n) is 3.04. The maximum absolute atomic E-state index is 5.34. The fourth-order valence-corrected chi connectivity index (χ4v) is 2.10. The van der Waals surface area contributed by atoms with Crippen molar-refractivity contribution in [1.29, 1.82) is 0 Å². The molecule has 1 saturated heterocycles. The van der Waals surface area contributed by atoms with Crippen LogP contribution in [0.5, 0.6) is 0 Å². The molecule has 2 N–H and O–H groups in total. The summed E-state index contributed by atoms with van der Waals surface area (Å²) in [5.74, 6) is 0.830. The van der Waals surface area contributed by atoms with Crippen LogP contribution >= 0.6 is 0 Å². The molecule has 0 aliphatic carbocycles. The summed E-state index contributed by atoms with van der Waals surface area (Å²) < 4.78 is 5.34. The van der Waals surface area contributed by atoms with Gasteiger partial charge in [-0.15, -0.1) is 0 Å². The highest BCUT2D eigenvalue weighted by Gasteiger charge is 2.13. The SMILES string of the molecule is c1cc(-c2cc(CN3CCNCC3)no2)c[nH]1. The molecule has 2 aromatic heterocycles. The smallest absolute Gasteiger partial charge is 0.168 e. The zero-order valence-electron chi connectivity index (χ0n) is 9.65. The zero-order chi connectivity index (χ0) is 11.5. The summed E-state index contributed by atoms with van der Waals surface area (Å²) in [6, 6.07) is 4.00. The molecule has 0 bridgehead atoms. The van der Waals surface area contributed by atoms with Gasteiger partial charge in [-0.1, -0.05) is 5.16 Å². The van der Waals surface area contributed by atoms with Gasteiger partial charge in [-0.05, 0) is 6.07 Å². The predicted molar refractivity (Wildman–Crippen MR) is 64.4 cm³/mol. The largest absolute Gasteiger partial charge is 0.367 e.